The number of aldehydes is 1. The molecule has 2 aromatic carbocycles. The Morgan fingerprint density at radius 3 is 2.55 bits per heavy atom. The molecule has 0 aliphatic carbocycles. The zero-order valence-electron chi connectivity index (χ0n) is 11.4. The summed E-state index contributed by atoms with van der Waals surface area (Å²) in [5.41, 5.74) is 1.68. The smallest absolute Gasteiger partial charge is 0.336 e. The van der Waals surface area contributed by atoms with Gasteiger partial charge in [0.2, 0.25) is 6.79 Å². The van der Waals surface area contributed by atoms with E-state index in [9.17, 15) is 9.59 Å². The van der Waals surface area contributed by atoms with Gasteiger partial charge in [-0.2, -0.15) is 0 Å². The summed E-state index contributed by atoms with van der Waals surface area (Å²) >= 11 is 0. The Morgan fingerprint density at radius 1 is 0.955 bits per heavy atom. The molecule has 108 valence electrons. The van der Waals surface area contributed by atoms with Crippen LogP contribution in [-0.2, 0) is 0 Å². The SMILES string of the molecule is O=Cc1cc2c(cc1-c1cc(=O)oc3ccccc13)OCO2. The minimum atomic E-state index is -0.469. The lowest BCUT2D eigenvalue weighted by Gasteiger charge is -2.09. The quantitative estimate of drug-likeness (QED) is 0.537. The van der Waals surface area contributed by atoms with Gasteiger partial charge in [0.05, 0.1) is 0 Å². The van der Waals surface area contributed by atoms with Crippen molar-refractivity contribution >= 4 is 17.3 Å². The van der Waals surface area contributed by atoms with Crippen molar-refractivity contribution in [1.29, 1.82) is 0 Å². The molecule has 1 aliphatic rings. The summed E-state index contributed by atoms with van der Waals surface area (Å²) in [5.74, 6) is 1.08. The minimum Gasteiger partial charge on any atom is -0.454 e. The van der Waals surface area contributed by atoms with Gasteiger partial charge in [0, 0.05) is 22.6 Å². The highest BCUT2D eigenvalue weighted by atomic mass is 16.7. The zero-order valence-corrected chi connectivity index (χ0v) is 11.4. The number of fused-ring (bicyclic) bond motifs is 2. The summed E-state index contributed by atoms with van der Waals surface area (Å²) in [6.07, 6.45) is 0.737. The standard InChI is InChI=1S/C17H10O5/c18-8-10-5-15-16(21-9-20-15)6-12(10)13-7-17(19)22-14-4-2-1-3-11(13)14/h1-8H,9H2. The van der Waals surface area contributed by atoms with Crippen LogP contribution in [0.1, 0.15) is 10.4 Å². The molecule has 0 saturated carbocycles. The lowest BCUT2D eigenvalue weighted by molar-refractivity contribution is 0.112. The van der Waals surface area contributed by atoms with Crippen LogP contribution in [0, 0.1) is 0 Å². The maximum Gasteiger partial charge on any atom is 0.336 e. The van der Waals surface area contributed by atoms with Gasteiger partial charge in [-0.25, -0.2) is 4.79 Å². The van der Waals surface area contributed by atoms with E-state index in [1.807, 2.05) is 12.1 Å². The second-order valence-electron chi connectivity index (χ2n) is 4.89. The molecule has 0 amide bonds. The van der Waals surface area contributed by atoms with Gasteiger partial charge in [-0.3, -0.25) is 4.79 Å². The molecule has 0 atom stereocenters. The van der Waals surface area contributed by atoms with E-state index in [4.69, 9.17) is 13.9 Å². The molecule has 5 heteroatoms. The van der Waals surface area contributed by atoms with Crippen LogP contribution in [0.4, 0.5) is 0 Å². The first-order chi connectivity index (χ1) is 10.8. The first-order valence-corrected chi connectivity index (χ1v) is 6.68. The molecule has 0 radical (unpaired) electrons. The molecule has 0 fully saturated rings. The van der Waals surface area contributed by atoms with Gasteiger partial charge in [-0.1, -0.05) is 18.2 Å². The highest BCUT2D eigenvalue weighted by Gasteiger charge is 2.19. The molecule has 2 heterocycles. The number of ether oxygens (including phenoxy) is 2. The molecule has 22 heavy (non-hydrogen) atoms. The van der Waals surface area contributed by atoms with Crippen LogP contribution in [0.25, 0.3) is 22.1 Å². The number of carbonyl (C=O) groups is 1. The molecule has 0 N–H and O–H groups in total. The van der Waals surface area contributed by atoms with Crippen LogP contribution >= 0.6 is 0 Å². The van der Waals surface area contributed by atoms with Crippen molar-refractivity contribution in [2.24, 2.45) is 0 Å². The highest BCUT2D eigenvalue weighted by Crippen LogP contribution is 2.39. The van der Waals surface area contributed by atoms with Gasteiger partial charge in [-0.05, 0) is 23.8 Å². The van der Waals surface area contributed by atoms with Crippen LogP contribution in [0.3, 0.4) is 0 Å². The summed E-state index contributed by atoms with van der Waals surface area (Å²) in [6, 6.07) is 11.9. The maximum absolute atomic E-state index is 11.8. The number of hydrogen-bond donors (Lipinski definition) is 0. The second kappa shape index (κ2) is 4.73. The predicted octanol–water partition coefficient (Wildman–Crippen LogP) is 3.00. The third-order valence-electron chi connectivity index (χ3n) is 3.61. The molecule has 5 nitrogen and oxygen atoms in total. The Bertz CT molecular complexity index is 955. The summed E-state index contributed by atoms with van der Waals surface area (Å²) in [6.45, 7) is 0.120. The molecule has 0 unspecified atom stereocenters. The first kappa shape index (κ1) is 12.6. The van der Waals surface area contributed by atoms with Crippen LogP contribution < -0.4 is 15.1 Å². The van der Waals surface area contributed by atoms with Gasteiger partial charge in [-0.15, -0.1) is 0 Å². The molecule has 1 aliphatic heterocycles. The second-order valence-corrected chi connectivity index (χ2v) is 4.89. The molecule has 1 aromatic heterocycles. The van der Waals surface area contributed by atoms with Crippen molar-refractivity contribution in [2.45, 2.75) is 0 Å². The van der Waals surface area contributed by atoms with Crippen molar-refractivity contribution in [3.8, 4) is 22.6 Å². The highest BCUT2D eigenvalue weighted by molar-refractivity contribution is 5.99. The normalized spacial score (nSPS) is 12.5. The van der Waals surface area contributed by atoms with E-state index in [1.165, 1.54) is 6.07 Å². The van der Waals surface area contributed by atoms with Gasteiger partial charge in [0.25, 0.3) is 0 Å². The van der Waals surface area contributed by atoms with E-state index in [0.29, 0.717) is 33.8 Å². The van der Waals surface area contributed by atoms with Gasteiger partial charge in [0.15, 0.2) is 17.8 Å². The molecule has 0 bridgehead atoms. The van der Waals surface area contributed by atoms with E-state index < -0.39 is 5.63 Å². The Balaban J connectivity index is 2.07. The number of hydrogen-bond acceptors (Lipinski definition) is 5. The third-order valence-corrected chi connectivity index (χ3v) is 3.61. The predicted molar refractivity (Wildman–Crippen MR) is 79.4 cm³/mol. The fourth-order valence-electron chi connectivity index (χ4n) is 2.62. The molecule has 4 rings (SSSR count). The molecule has 3 aromatic rings. The largest absolute Gasteiger partial charge is 0.454 e. The van der Waals surface area contributed by atoms with E-state index in [0.717, 1.165) is 11.7 Å². The van der Waals surface area contributed by atoms with Crippen LogP contribution in [0.2, 0.25) is 0 Å². The van der Waals surface area contributed by atoms with E-state index in [2.05, 4.69) is 0 Å². The van der Waals surface area contributed by atoms with Crippen molar-refractivity contribution in [3.63, 3.8) is 0 Å². The Morgan fingerprint density at radius 2 is 1.73 bits per heavy atom. The monoisotopic (exact) mass is 294 g/mol. The fourth-order valence-corrected chi connectivity index (χ4v) is 2.62. The fraction of sp³-hybridized carbons (Fsp3) is 0.0588. The van der Waals surface area contributed by atoms with Crippen molar-refractivity contribution in [1.82, 2.24) is 0 Å². The van der Waals surface area contributed by atoms with E-state index >= 15 is 0 Å². The third kappa shape index (κ3) is 1.87. The van der Waals surface area contributed by atoms with E-state index in [1.54, 1.807) is 24.3 Å². The van der Waals surface area contributed by atoms with Crippen molar-refractivity contribution in [2.75, 3.05) is 6.79 Å². The zero-order chi connectivity index (χ0) is 15.1. The topological polar surface area (TPSA) is 65.7 Å². The van der Waals surface area contributed by atoms with Gasteiger partial charge >= 0.3 is 5.63 Å². The molecular weight excluding hydrogens is 284 g/mol. The van der Waals surface area contributed by atoms with Crippen LogP contribution in [-0.4, -0.2) is 13.1 Å². The average molecular weight is 294 g/mol. The Labute approximate surface area is 124 Å². The summed E-state index contributed by atoms with van der Waals surface area (Å²) in [5, 5.41) is 0.754. The average Bonchev–Trinajstić information content (AvgIpc) is 3.00. The summed E-state index contributed by atoms with van der Waals surface area (Å²) in [7, 11) is 0. The van der Waals surface area contributed by atoms with Crippen molar-refractivity contribution in [3.05, 3.63) is 58.4 Å². The lowest BCUT2D eigenvalue weighted by Crippen LogP contribution is -1.99. The number of carbonyl (C=O) groups excluding carboxylic acids is 1. The number of benzene rings is 2. The van der Waals surface area contributed by atoms with Gasteiger partial charge in [0.1, 0.15) is 5.58 Å². The van der Waals surface area contributed by atoms with Crippen molar-refractivity contribution < 1.29 is 18.7 Å². The summed E-state index contributed by atoms with van der Waals surface area (Å²) in [4.78, 5) is 23.2. The Hall–Kier alpha value is -3.08. The first-order valence-electron chi connectivity index (χ1n) is 6.68. The van der Waals surface area contributed by atoms with Crippen LogP contribution in [0.5, 0.6) is 11.5 Å². The minimum absolute atomic E-state index is 0.120. The molecule has 0 saturated heterocycles. The van der Waals surface area contributed by atoms with E-state index in [-0.39, 0.29) is 6.79 Å². The maximum atomic E-state index is 11.8. The van der Waals surface area contributed by atoms with Crippen LogP contribution in [0.15, 0.2) is 51.7 Å². The Kier molecular flexibility index (Phi) is 2.72. The number of para-hydroxylation sites is 1. The lowest BCUT2D eigenvalue weighted by atomic mass is 9.97. The number of rotatable bonds is 2. The summed E-state index contributed by atoms with van der Waals surface area (Å²) < 4.78 is 15.8. The van der Waals surface area contributed by atoms with Gasteiger partial charge < -0.3 is 13.9 Å². The molecule has 0 spiro atoms. The molecular formula is C17H10O5.